The number of aromatic nitrogens is 1. The molecule has 0 aliphatic carbocycles. The van der Waals surface area contributed by atoms with E-state index in [1.165, 1.54) is 18.7 Å². The molecule has 0 spiro atoms. The highest BCUT2D eigenvalue weighted by molar-refractivity contribution is 6.01. The molecule has 1 N–H and O–H groups in total. The quantitative estimate of drug-likeness (QED) is 0.692. The third-order valence-electron chi connectivity index (χ3n) is 1.61. The molecular formula is C8H5NO3. The zero-order chi connectivity index (χ0) is 8.55. The molecule has 0 unspecified atom stereocenters. The van der Waals surface area contributed by atoms with E-state index in [1.54, 1.807) is 6.07 Å². The van der Waals surface area contributed by atoms with Crippen molar-refractivity contribution in [3.05, 3.63) is 30.3 Å². The van der Waals surface area contributed by atoms with Crippen LogP contribution in [0.3, 0.4) is 0 Å². The van der Waals surface area contributed by atoms with Gasteiger partial charge >= 0.3 is 5.97 Å². The van der Waals surface area contributed by atoms with Crippen LogP contribution in [0.25, 0.3) is 11.0 Å². The highest BCUT2D eigenvalue weighted by Gasteiger charge is 2.09. The van der Waals surface area contributed by atoms with Gasteiger partial charge in [0.2, 0.25) is 0 Å². The minimum absolute atomic E-state index is 0.168. The van der Waals surface area contributed by atoms with Crippen LogP contribution >= 0.6 is 0 Å². The number of hydrogen-bond acceptors (Lipinski definition) is 3. The van der Waals surface area contributed by atoms with Crippen LogP contribution < -0.4 is 0 Å². The Morgan fingerprint density at radius 3 is 3.08 bits per heavy atom. The summed E-state index contributed by atoms with van der Waals surface area (Å²) in [5, 5.41) is 9.30. The van der Waals surface area contributed by atoms with Gasteiger partial charge in [0.1, 0.15) is 0 Å². The van der Waals surface area contributed by atoms with E-state index in [-0.39, 0.29) is 5.56 Å². The number of rotatable bonds is 1. The van der Waals surface area contributed by atoms with E-state index in [0.29, 0.717) is 11.0 Å². The SMILES string of the molecule is O=C(O)c1cncc2occc12. The predicted octanol–water partition coefficient (Wildman–Crippen LogP) is 1.53. The second kappa shape index (κ2) is 2.34. The summed E-state index contributed by atoms with van der Waals surface area (Å²) in [5.74, 6) is -0.991. The lowest BCUT2D eigenvalue weighted by atomic mass is 10.2. The highest BCUT2D eigenvalue weighted by atomic mass is 16.4. The molecule has 0 fully saturated rings. The monoisotopic (exact) mass is 163 g/mol. The lowest BCUT2D eigenvalue weighted by molar-refractivity contribution is 0.0698. The Bertz CT molecular complexity index is 433. The van der Waals surface area contributed by atoms with Crippen molar-refractivity contribution in [2.75, 3.05) is 0 Å². The molecular weight excluding hydrogens is 158 g/mol. The Kier molecular flexibility index (Phi) is 1.33. The van der Waals surface area contributed by atoms with Crippen molar-refractivity contribution in [3.8, 4) is 0 Å². The molecule has 0 bridgehead atoms. The molecule has 0 atom stereocenters. The van der Waals surface area contributed by atoms with Crippen molar-refractivity contribution >= 4 is 16.9 Å². The summed E-state index contributed by atoms with van der Waals surface area (Å²) in [5.41, 5.74) is 0.663. The van der Waals surface area contributed by atoms with Gasteiger partial charge in [-0.05, 0) is 6.07 Å². The van der Waals surface area contributed by atoms with Crippen LogP contribution in [0.4, 0.5) is 0 Å². The average Bonchev–Trinajstić information content (AvgIpc) is 2.49. The Morgan fingerprint density at radius 2 is 2.33 bits per heavy atom. The summed E-state index contributed by atoms with van der Waals surface area (Å²) in [6.45, 7) is 0. The third-order valence-corrected chi connectivity index (χ3v) is 1.61. The summed E-state index contributed by atoms with van der Waals surface area (Å²) >= 11 is 0. The van der Waals surface area contributed by atoms with Crippen molar-refractivity contribution in [2.45, 2.75) is 0 Å². The zero-order valence-electron chi connectivity index (χ0n) is 6.02. The highest BCUT2D eigenvalue weighted by Crippen LogP contribution is 2.17. The van der Waals surface area contributed by atoms with Crippen molar-refractivity contribution < 1.29 is 14.3 Å². The summed E-state index contributed by atoms with van der Waals surface area (Å²) in [4.78, 5) is 14.4. The van der Waals surface area contributed by atoms with E-state index in [1.807, 2.05) is 0 Å². The normalized spacial score (nSPS) is 10.3. The molecule has 2 heterocycles. The van der Waals surface area contributed by atoms with Crippen LogP contribution in [0.1, 0.15) is 10.4 Å². The van der Waals surface area contributed by atoms with Gasteiger partial charge in [-0.15, -0.1) is 0 Å². The van der Waals surface area contributed by atoms with Gasteiger partial charge in [-0.2, -0.15) is 0 Å². The molecule has 60 valence electrons. The minimum Gasteiger partial charge on any atom is -0.478 e. The number of carbonyl (C=O) groups is 1. The number of pyridine rings is 1. The molecule has 0 saturated carbocycles. The van der Waals surface area contributed by atoms with Crippen LogP contribution in [0.2, 0.25) is 0 Å². The minimum atomic E-state index is -0.991. The maximum Gasteiger partial charge on any atom is 0.338 e. The second-order valence-electron chi connectivity index (χ2n) is 2.32. The Hall–Kier alpha value is -1.84. The molecule has 2 rings (SSSR count). The first kappa shape index (κ1) is 6.84. The van der Waals surface area contributed by atoms with E-state index in [9.17, 15) is 4.79 Å². The molecule has 2 aromatic heterocycles. The fourth-order valence-electron chi connectivity index (χ4n) is 1.06. The van der Waals surface area contributed by atoms with Gasteiger partial charge in [-0.3, -0.25) is 4.98 Å². The number of hydrogen-bond donors (Lipinski definition) is 1. The number of furan rings is 1. The van der Waals surface area contributed by atoms with Crippen LogP contribution in [0.5, 0.6) is 0 Å². The van der Waals surface area contributed by atoms with Crippen molar-refractivity contribution in [3.63, 3.8) is 0 Å². The third kappa shape index (κ3) is 0.852. The lowest BCUT2D eigenvalue weighted by Gasteiger charge is -1.92. The van der Waals surface area contributed by atoms with E-state index in [4.69, 9.17) is 9.52 Å². The van der Waals surface area contributed by atoms with Crippen molar-refractivity contribution in [2.24, 2.45) is 0 Å². The molecule has 2 aromatic rings. The smallest absolute Gasteiger partial charge is 0.338 e. The van der Waals surface area contributed by atoms with Crippen LogP contribution in [0, 0.1) is 0 Å². The number of carboxylic acids is 1. The van der Waals surface area contributed by atoms with Gasteiger partial charge in [0.05, 0.1) is 18.0 Å². The maximum atomic E-state index is 10.6. The molecule has 12 heavy (non-hydrogen) atoms. The molecule has 4 heteroatoms. The molecule has 0 aliphatic heterocycles. The summed E-state index contributed by atoms with van der Waals surface area (Å²) in [6, 6.07) is 1.61. The number of aromatic carboxylic acids is 1. The van der Waals surface area contributed by atoms with Gasteiger partial charge in [-0.1, -0.05) is 0 Å². The van der Waals surface area contributed by atoms with Crippen molar-refractivity contribution in [1.29, 1.82) is 0 Å². The molecule has 0 amide bonds. The van der Waals surface area contributed by atoms with E-state index < -0.39 is 5.97 Å². The summed E-state index contributed by atoms with van der Waals surface area (Å²) < 4.78 is 4.98. The van der Waals surface area contributed by atoms with Crippen LogP contribution in [-0.4, -0.2) is 16.1 Å². The summed E-state index contributed by atoms with van der Waals surface area (Å²) in [6.07, 6.45) is 4.24. The first-order chi connectivity index (χ1) is 5.79. The molecule has 4 nitrogen and oxygen atoms in total. The molecule has 0 aromatic carbocycles. The van der Waals surface area contributed by atoms with Gasteiger partial charge in [0.15, 0.2) is 5.58 Å². The predicted molar refractivity (Wildman–Crippen MR) is 41.0 cm³/mol. The van der Waals surface area contributed by atoms with Gasteiger partial charge in [-0.25, -0.2) is 4.79 Å². The number of carboxylic acid groups (broad SMARTS) is 1. The average molecular weight is 163 g/mol. The first-order valence-electron chi connectivity index (χ1n) is 3.33. The zero-order valence-corrected chi connectivity index (χ0v) is 6.02. The Morgan fingerprint density at radius 1 is 1.50 bits per heavy atom. The maximum absolute atomic E-state index is 10.6. The molecule has 0 aliphatic rings. The molecule has 0 radical (unpaired) electrons. The molecule has 0 saturated heterocycles. The van der Waals surface area contributed by atoms with Gasteiger partial charge in [0.25, 0.3) is 0 Å². The fraction of sp³-hybridized carbons (Fsp3) is 0. The Labute approximate surface area is 67.4 Å². The number of fused-ring (bicyclic) bond motifs is 1. The standard InChI is InChI=1S/C8H5NO3/c10-8(11)6-3-9-4-7-5(6)1-2-12-7/h1-4H,(H,10,11). The summed E-state index contributed by atoms with van der Waals surface area (Å²) in [7, 11) is 0. The van der Waals surface area contributed by atoms with Gasteiger partial charge in [0, 0.05) is 11.6 Å². The first-order valence-corrected chi connectivity index (χ1v) is 3.33. The van der Waals surface area contributed by atoms with Crippen LogP contribution in [0.15, 0.2) is 29.1 Å². The van der Waals surface area contributed by atoms with E-state index in [2.05, 4.69) is 4.98 Å². The largest absolute Gasteiger partial charge is 0.478 e. The lowest BCUT2D eigenvalue weighted by Crippen LogP contribution is -1.96. The Balaban J connectivity index is 2.82. The second-order valence-corrected chi connectivity index (χ2v) is 2.32. The van der Waals surface area contributed by atoms with Gasteiger partial charge < -0.3 is 9.52 Å². The topological polar surface area (TPSA) is 63.3 Å². The number of nitrogens with zero attached hydrogens (tertiary/aromatic N) is 1. The van der Waals surface area contributed by atoms with Crippen LogP contribution in [-0.2, 0) is 0 Å². The van der Waals surface area contributed by atoms with E-state index >= 15 is 0 Å². The fourth-order valence-corrected chi connectivity index (χ4v) is 1.06. The van der Waals surface area contributed by atoms with Crippen molar-refractivity contribution in [1.82, 2.24) is 4.98 Å². The van der Waals surface area contributed by atoms with E-state index in [0.717, 1.165) is 0 Å².